The third-order valence-corrected chi connectivity index (χ3v) is 0.947. The summed E-state index contributed by atoms with van der Waals surface area (Å²) in [7, 11) is 0. The number of hydrogen-bond acceptors (Lipinski definition) is 7. The number of hydrogen-bond donors (Lipinski definition) is 0. The number of aldehydes is 2. The molecular weight excluding hydrogens is 196 g/mol. The number of esters is 1. The van der Waals surface area contributed by atoms with Crippen LogP contribution in [-0.2, 0) is 33.7 Å². The maximum atomic E-state index is 10.3. The highest BCUT2D eigenvalue weighted by molar-refractivity contribution is 6.20. The van der Waals surface area contributed by atoms with E-state index in [0.29, 0.717) is 0 Å². The molecule has 0 aliphatic heterocycles. The minimum atomic E-state index is -1.20. The molecular formula is C7H8O7. The van der Waals surface area contributed by atoms with Crippen LogP contribution in [0.1, 0.15) is 6.92 Å². The summed E-state index contributed by atoms with van der Waals surface area (Å²) in [5.74, 6) is -2.25. The van der Waals surface area contributed by atoms with Crippen LogP contribution < -0.4 is 0 Å². The number of carbonyl (C=O) groups excluding carboxylic acids is 4. The lowest BCUT2D eigenvalue weighted by Crippen LogP contribution is -2.21. The van der Waals surface area contributed by atoms with Crippen molar-refractivity contribution in [1.82, 2.24) is 0 Å². The van der Waals surface area contributed by atoms with Crippen molar-refractivity contribution in [1.29, 1.82) is 0 Å². The number of rotatable bonds is 6. The first-order valence-corrected chi connectivity index (χ1v) is 3.54. The van der Waals surface area contributed by atoms with E-state index in [2.05, 4.69) is 14.5 Å². The van der Waals surface area contributed by atoms with Crippen LogP contribution in [0.5, 0.6) is 0 Å². The lowest BCUT2D eigenvalue weighted by atomic mass is 10.4. The zero-order chi connectivity index (χ0) is 11.0. The molecule has 0 aliphatic rings. The highest BCUT2D eigenvalue weighted by atomic mass is 17.2. The van der Waals surface area contributed by atoms with E-state index in [1.54, 1.807) is 0 Å². The first kappa shape index (κ1) is 12.2. The van der Waals surface area contributed by atoms with Crippen LogP contribution in [0, 0.1) is 0 Å². The van der Waals surface area contributed by atoms with E-state index in [4.69, 9.17) is 0 Å². The molecule has 78 valence electrons. The van der Waals surface area contributed by atoms with Gasteiger partial charge in [0, 0.05) is 0 Å². The van der Waals surface area contributed by atoms with Crippen LogP contribution in [-0.4, -0.2) is 37.2 Å². The molecule has 0 saturated carbocycles. The average Bonchev–Trinajstić information content (AvgIpc) is 2.22. The molecule has 1 unspecified atom stereocenters. The molecule has 0 aliphatic carbocycles. The Morgan fingerprint density at radius 2 is 1.79 bits per heavy atom. The molecule has 7 heteroatoms. The van der Waals surface area contributed by atoms with E-state index >= 15 is 0 Å². The van der Waals surface area contributed by atoms with Gasteiger partial charge < -0.3 is 4.74 Å². The minimum absolute atomic E-state index is 0.00977. The molecule has 0 aromatic heterocycles. The molecule has 1 atom stereocenters. The van der Waals surface area contributed by atoms with Gasteiger partial charge in [0.05, 0.1) is 0 Å². The van der Waals surface area contributed by atoms with Crippen molar-refractivity contribution in [3.8, 4) is 0 Å². The van der Waals surface area contributed by atoms with Gasteiger partial charge in [-0.05, 0) is 6.92 Å². The van der Waals surface area contributed by atoms with Crippen LogP contribution in [0.15, 0.2) is 0 Å². The fourth-order valence-corrected chi connectivity index (χ4v) is 0.410. The second-order valence-electron chi connectivity index (χ2n) is 2.17. The molecule has 0 radical (unpaired) electrons. The fraction of sp³-hybridized carbons (Fsp3) is 0.429. The van der Waals surface area contributed by atoms with E-state index in [1.807, 2.05) is 0 Å². The predicted octanol–water partition coefficient (Wildman–Crippen LogP) is -1.21. The Bertz CT molecular complexity index is 210. The predicted molar refractivity (Wildman–Crippen MR) is 39.7 cm³/mol. The third-order valence-electron chi connectivity index (χ3n) is 0.947. The van der Waals surface area contributed by atoms with Crippen LogP contribution in [0.25, 0.3) is 0 Å². The molecule has 7 nitrogen and oxygen atoms in total. The van der Waals surface area contributed by atoms with Crippen molar-refractivity contribution in [3.63, 3.8) is 0 Å². The first-order valence-electron chi connectivity index (χ1n) is 3.54. The first-order chi connectivity index (χ1) is 6.60. The second-order valence-corrected chi connectivity index (χ2v) is 2.17. The van der Waals surface area contributed by atoms with Gasteiger partial charge in [0.1, 0.15) is 12.7 Å². The smallest absolute Gasteiger partial charge is 0.405 e. The van der Waals surface area contributed by atoms with Crippen molar-refractivity contribution >= 4 is 24.5 Å². The monoisotopic (exact) mass is 204 g/mol. The summed E-state index contributed by atoms with van der Waals surface area (Å²) in [5, 5.41) is 0. The minimum Gasteiger partial charge on any atom is -0.457 e. The summed E-state index contributed by atoms with van der Waals surface area (Å²) in [6.45, 7) is 1.15. The Morgan fingerprint density at radius 1 is 1.21 bits per heavy atom. The maximum absolute atomic E-state index is 10.3. The van der Waals surface area contributed by atoms with Gasteiger partial charge in [0.25, 0.3) is 0 Å². The summed E-state index contributed by atoms with van der Waals surface area (Å²) < 4.78 is 4.31. The van der Waals surface area contributed by atoms with Crippen molar-refractivity contribution in [2.75, 3.05) is 6.61 Å². The lowest BCUT2D eigenvalue weighted by molar-refractivity contribution is -0.295. The fourth-order valence-electron chi connectivity index (χ4n) is 0.410. The van der Waals surface area contributed by atoms with Crippen LogP contribution >= 0.6 is 0 Å². The molecule has 0 aromatic carbocycles. The average molecular weight is 204 g/mol. The standard InChI is InChI=1S/C7H8O7/c1-5(4-12-6(10)2-8)13-14-7(11)3-9/h2-3,5H,4H2,1H3. The lowest BCUT2D eigenvalue weighted by Gasteiger charge is -2.08. The Balaban J connectivity index is 3.60. The molecule has 0 N–H and O–H groups in total. The third kappa shape index (κ3) is 5.84. The molecule has 0 aromatic rings. The SMILES string of the molecule is CC(COC(=O)C=O)OOC(=O)C=O. The molecule has 0 fully saturated rings. The highest BCUT2D eigenvalue weighted by Gasteiger charge is 2.10. The van der Waals surface area contributed by atoms with E-state index in [-0.39, 0.29) is 19.2 Å². The van der Waals surface area contributed by atoms with Crippen molar-refractivity contribution in [2.24, 2.45) is 0 Å². The van der Waals surface area contributed by atoms with Gasteiger partial charge in [-0.2, -0.15) is 4.89 Å². The van der Waals surface area contributed by atoms with Gasteiger partial charge in [-0.3, -0.25) is 14.5 Å². The summed E-state index contributed by atoms with van der Waals surface area (Å²) in [6, 6.07) is 0. The molecule has 0 spiro atoms. The summed E-state index contributed by atoms with van der Waals surface area (Å²) in [4.78, 5) is 48.3. The van der Waals surface area contributed by atoms with Crippen LogP contribution in [0.2, 0.25) is 0 Å². The van der Waals surface area contributed by atoms with Gasteiger partial charge >= 0.3 is 11.9 Å². The molecule has 14 heavy (non-hydrogen) atoms. The zero-order valence-electron chi connectivity index (χ0n) is 7.30. The van der Waals surface area contributed by atoms with Crippen molar-refractivity contribution in [2.45, 2.75) is 13.0 Å². The maximum Gasteiger partial charge on any atom is 0.405 e. The number of ether oxygens (including phenoxy) is 1. The quantitative estimate of drug-likeness (QED) is 0.176. The van der Waals surface area contributed by atoms with E-state index in [9.17, 15) is 19.2 Å². The second kappa shape index (κ2) is 6.72. The zero-order valence-corrected chi connectivity index (χ0v) is 7.30. The largest absolute Gasteiger partial charge is 0.457 e. The highest BCUT2D eigenvalue weighted by Crippen LogP contribution is 1.93. The normalized spacial score (nSPS) is 11.2. The van der Waals surface area contributed by atoms with Gasteiger partial charge in [0.15, 0.2) is 0 Å². The van der Waals surface area contributed by atoms with Gasteiger partial charge in [-0.1, -0.05) is 0 Å². The molecule has 0 heterocycles. The van der Waals surface area contributed by atoms with Crippen molar-refractivity contribution < 1.29 is 33.7 Å². The van der Waals surface area contributed by atoms with Crippen LogP contribution in [0.3, 0.4) is 0 Å². The Hall–Kier alpha value is -1.76. The van der Waals surface area contributed by atoms with E-state index < -0.39 is 18.0 Å². The summed E-state index contributed by atoms with van der Waals surface area (Å²) >= 11 is 0. The van der Waals surface area contributed by atoms with Crippen LogP contribution in [0.4, 0.5) is 0 Å². The Kier molecular flexibility index (Phi) is 5.88. The van der Waals surface area contributed by atoms with Crippen molar-refractivity contribution in [3.05, 3.63) is 0 Å². The summed E-state index contributed by atoms with van der Waals surface area (Å²) in [5.41, 5.74) is 0. The van der Waals surface area contributed by atoms with Gasteiger partial charge in [0.2, 0.25) is 12.6 Å². The topological polar surface area (TPSA) is 96.0 Å². The van der Waals surface area contributed by atoms with E-state index in [0.717, 1.165) is 0 Å². The number of carbonyl (C=O) groups is 4. The van der Waals surface area contributed by atoms with E-state index in [1.165, 1.54) is 6.92 Å². The molecule has 0 saturated heterocycles. The van der Waals surface area contributed by atoms with Gasteiger partial charge in [-0.25, -0.2) is 9.59 Å². The molecule has 0 rings (SSSR count). The Labute approximate surface area is 78.8 Å². The Morgan fingerprint density at radius 3 is 2.29 bits per heavy atom. The summed E-state index contributed by atoms with van der Waals surface area (Å²) in [6.07, 6.45) is -0.850. The molecule has 0 amide bonds. The molecule has 0 bridgehead atoms. The van der Waals surface area contributed by atoms with Gasteiger partial charge in [-0.15, -0.1) is 0 Å².